The maximum atomic E-state index is 9.17. The number of rotatable bonds is 3. The lowest BCUT2D eigenvalue weighted by atomic mass is 9.96. The lowest BCUT2D eigenvalue weighted by Gasteiger charge is -2.38. The molecule has 80 valence electrons. The smallest absolute Gasteiger partial charge is 0.127 e. The fraction of sp³-hybridized carbons (Fsp3) is 0.909. The number of nitriles is 1. The summed E-state index contributed by atoms with van der Waals surface area (Å²) in [7, 11) is 1.67. The highest BCUT2D eigenvalue weighted by atomic mass is 16.5. The summed E-state index contributed by atoms with van der Waals surface area (Å²) in [5.41, 5.74) is -0.369. The van der Waals surface area contributed by atoms with E-state index in [1.54, 1.807) is 7.11 Å². The van der Waals surface area contributed by atoms with Gasteiger partial charge in [0.1, 0.15) is 6.04 Å². The Morgan fingerprint density at radius 1 is 1.29 bits per heavy atom. The van der Waals surface area contributed by atoms with Crippen LogP contribution < -0.4 is 0 Å². The Bertz CT molecular complexity index is 214. The summed E-state index contributed by atoms with van der Waals surface area (Å²) in [6, 6.07) is 2.25. The minimum Gasteiger partial charge on any atom is -0.376 e. The largest absolute Gasteiger partial charge is 0.376 e. The maximum absolute atomic E-state index is 9.17. The van der Waals surface area contributed by atoms with Gasteiger partial charge in [-0.05, 0) is 39.8 Å². The summed E-state index contributed by atoms with van der Waals surface area (Å²) in [5.74, 6) is 0. The molecule has 0 aliphatic carbocycles. The van der Waals surface area contributed by atoms with Gasteiger partial charge in [-0.3, -0.25) is 4.90 Å². The maximum Gasteiger partial charge on any atom is 0.127 e. The van der Waals surface area contributed by atoms with E-state index in [1.807, 2.05) is 13.8 Å². The van der Waals surface area contributed by atoms with Crippen molar-refractivity contribution in [2.24, 2.45) is 0 Å². The number of hydrogen-bond donors (Lipinski definition) is 0. The zero-order valence-electron chi connectivity index (χ0n) is 9.42. The minimum absolute atomic E-state index is 0.118. The van der Waals surface area contributed by atoms with Crippen molar-refractivity contribution in [1.29, 1.82) is 5.26 Å². The van der Waals surface area contributed by atoms with Crippen LogP contribution in [0.5, 0.6) is 0 Å². The summed E-state index contributed by atoms with van der Waals surface area (Å²) in [6.07, 6.45) is 3.71. The highest BCUT2D eigenvalue weighted by Gasteiger charge is 2.34. The second kappa shape index (κ2) is 4.77. The Balaban J connectivity index is 2.66. The second-order valence-corrected chi connectivity index (χ2v) is 4.44. The Kier molecular flexibility index (Phi) is 3.91. The van der Waals surface area contributed by atoms with Gasteiger partial charge in [0.2, 0.25) is 0 Å². The molecule has 0 saturated carbocycles. The van der Waals surface area contributed by atoms with Crippen LogP contribution in [0.15, 0.2) is 0 Å². The molecule has 1 aliphatic rings. The molecule has 1 saturated heterocycles. The highest BCUT2D eigenvalue weighted by molar-refractivity contribution is 5.03. The number of ether oxygens (including phenoxy) is 1. The molecule has 0 bridgehead atoms. The zero-order valence-corrected chi connectivity index (χ0v) is 9.42. The van der Waals surface area contributed by atoms with Crippen molar-refractivity contribution in [3.63, 3.8) is 0 Å². The molecule has 0 aromatic carbocycles. The molecule has 1 unspecified atom stereocenters. The molecule has 1 aliphatic heterocycles. The predicted molar refractivity (Wildman–Crippen MR) is 55.9 cm³/mol. The average Bonchev–Trinajstić information content (AvgIpc) is 2.20. The van der Waals surface area contributed by atoms with Crippen LogP contribution in [-0.2, 0) is 4.74 Å². The van der Waals surface area contributed by atoms with Crippen LogP contribution in [0.2, 0.25) is 0 Å². The fourth-order valence-electron chi connectivity index (χ4n) is 1.96. The van der Waals surface area contributed by atoms with E-state index in [1.165, 1.54) is 19.3 Å². The van der Waals surface area contributed by atoms with Crippen molar-refractivity contribution in [1.82, 2.24) is 4.90 Å². The molecule has 1 heterocycles. The lowest BCUT2D eigenvalue weighted by Crippen LogP contribution is -2.51. The second-order valence-electron chi connectivity index (χ2n) is 4.44. The minimum atomic E-state index is -0.369. The third kappa shape index (κ3) is 2.46. The van der Waals surface area contributed by atoms with E-state index in [2.05, 4.69) is 11.0 Å². The third-order valence-corrected chi connectivity index (χ3v) is 3.06. The molecule has 1 rings (SSSR count). The van der Waals surface area contributed by atoms with Crippen molar-refractivity contribution < 1.29 is 4.74 Å². The van der Waals surface area contributed by atoms with Crippen molar-refractivity contribution >= 4 is 0 Å². The van der Waals surface area contributed by atoms with Crippen molar-refractivity contribution in [3.8, 4) is 6.07 Å². The van der Waals surface area contributed by atoms with Gasteiger partial charge in [-0.15, -0.1) is 0 Å². The van der Waals surface area contributed by atoms with Crippen molar-refractivity contribution in [2.45, 2.75) is 44.8 Å². The Hall–Kier alpha value is -0.590. The fourth-order valence-corrected chi connectivity index (χ4v) is 1.96. The van der Waals surface area contributed by atoms with E-state index in [0.717, 1.165) is 13.1 Å². The number of nitrogens with zero attached hydrogens (tertiary/aromatic N) is 2. The average molecular weight is 196 g/mol. The van der Waals surface area contributed by atoms with E-state index < -0.39 is 0 Å². The lowest BCUT2D eigenvalue weighted by molar-refractivity contribution is -0.0374. The SMILES string of the molecule is COC(C)(C)C(C#N)N1CCCCC1. The van der Waals surface area contributed by atoms with Gasteiger partial charge in [0.15, 0.2) is 0 Å². The quantitative estimate of drug-likeness (QED) is 0.690. The molecule has 3 heteroatoms. The summed E-state index contributed by atoms with van der Waals surface area (Å²) in [6.45, 7) is 6.03. The molecule has 1 fully saturated rings. The number of likely N-dealkylation sites (tertiary alicyclic amines) is 1. The topological polar surface area (TPSA) is 36.3 Å². The van der Waals surface area contributed by atoms with E-state index in [4.69, 9.17) is 4.74 Å². The van der Waals surface area contributed by atoms with Crippen LogP contribution in [0.3, 0.4) is 0 Å². The van der Waals surface area contributed by atoms with Gasteiger partial charge >= 0.3 is 0 Å². The van der Waals surface area contributed by atoms with E-state index in [-0.39, 0.29) is 11.6 Å². The first-order chi connectivity index (χ1) is 6.61. The highest BCUT2D eigenvalue weighted by Crippen LogP contribution is 2.22. The van der Waals surface area contributed by atoms with Gasteiger partial charge in [-0.2, -0.15) is 5.26 Å². The number of methoxy groups -OCH3 is 1. The van der Waals surface area contributed by atoms with Crippen LogP contribution in [0, 0.1) is 11.3 Å². The molecule has 1 atom stereocenters. The van der Waals surface area contributed by atoms with Crippen LogP contribution in [-0.4, -0.2) is 36.7 Å². The zero-order chi connectivity index (χ0) is 10.6. The Morgan fingerprint density at radius 3 is 2.29 bits per heavy atom. The van der Waals surface area contributed by atoms with Gasteiger partial charge in [-0.1, -0.05) is 6.42 Å². The molecule has 0 spiro atoms. The number of piperidine rings is 1. The third-order valence-electron chi connectivity index (χ3n) is 3.06. The van der Waals surface area contributed by atoms with Gasteiger partial charge in [0.25, 0.3) is 0 Å². The van der Waals surface area contributed by atoms with Crippen molar-refractivity contribution in [3.05, 3.63) is 0 Å². The molecule has 0 aromatic heterocycles. The molecule has 0 radical (unpaired) electrons. The molecule has 0 aromatic rings. The molecular formula is C11H20N2O. The van der Waals surface area contributed by atoms with Crippen molar-refractivity contribution in [2.75, 3.05) is 20.2 Å². The van der Waals surface area contributed by atoms with E-state index >= 15 is 0 Å². The normalized spacial score (nSPS) is 21.6. The Labute approximate surface area is 86.6 Å². The Morgan fingerprint density at radius 2 is 1.86 bits per heavy atom. The predicted octanol–water partition coefficient (Wildman–Crippen LogP) is 1.79. The standard InChI is InChI=1S/C11H20N2O/c1-11(2,14-3)10(9-12)13-7-5-4-6-8-13/h10H,4-8H2,1-3H3. The molecule has 14 heavy (non-hydrogen) atoms. The summed E-state index contributed by atoms with van der Waals surface area (Å²) < 4.78 is 5.38. The van der Waals surface area contributed by atoms with Crippen LogP contribution >= 0.6 is 0 Å². The monoisotopic (exact) mass is 196 g/mol. The molecule has 0 N–H and O–H groups in total. The van der Waals surface area contributed by atoms with Gasteiger partial charge in [0.05, 0.1) is 11.7 Å². The first kappa shape index (κ1) is 11.5. The molecule has 0 amide bonds. The van der Waals surface area contributed by atoms with E-state index in [0.29, 0.717) is 0 Å². The first-order valence-corrected chi connectivity index (χ1v) is 5.30. The van der Waals surface area contributed by atoms with Crippen LogP contribution in [0.4, 0.5) is 0 Å². The summed E-state index contributed by atoms with van der Waals surface area (Å²) in [4.78, 5) is 2.24. The van der Waals surface area contributed by atoms with Gasteiger partial charge in [-0.25, -0.2) is 0 Å². The summed E-state index contributed by atoms with van der Waals surface area (Å²) in [5, 5.41) is 9.17. The first-order valence-electron chi connectivity index (χ1n) is 5.30. The molecular weight excluding hydrogens is 176 g/mol. The molecule has 3 nitrogen and oxygen atoms in total. The van der Waals surface area contributed by atoms with Gasteiger partial charge in [0, 0.05) is 7.11 Å². The number of hydrogen-bond acceptors (Lipinski definition) is 3. The summed E-state index contributed by atoms with van der Waals surface area (Å²) >= 11 is 0. The van der Waals surface area contributed by atoms with Gasteiger partial charge < -0.3 is 4.74 Å². The van der Waals surface area contributed by atoms with E-state index in [9.17, 15) is 5.26 Å². The van der Waals surface area contributed by atoms with Crippen LogP contribution in [0.1, 0.15) is 33.1 Å². The van der Waals surface area contributed by atoms with Crippen LogP contribution in [0.25, 0.3) is 0 Å².